The molecule has 5 heteroatoms. The Hall–Kier alpha value is -2.66. The second-order valence-electron chi connectivity index (χ2n) is 9.03. The number of hydrogen-bond donors (Lipinski definition) is 2. The van der Waals surface area contributed by atoms with Gasteiger partial charge in [0.2, 0.25) is 5.91 Å². The summed E-state index contributed by atoms with van der Waals surface area (Å²) in [6, 6.07) is 10.0. The van der Waals surface area contributed by atoms with Gasteiger partial charge in [-0.25, -0.2) is 4.79 Å². The van der Waals surface area contributed by atoms with E-state index in [0.29, 0.717) is 12.2 Å². The van der Waals surface area contributed by atoms with Gasteiger partial charge in [-0.3, -0.25) is 4.79 Å². The summed E-state index contributed by atoms with van der Waals surface area (Å²) in [5.41, 5.74) is 1.66. The van der Waals surface area contributed by atoms with Crippen molar-refractivity contribution in [3.63, 3.8) is 0 Å². The Morgan fingerprint density at radius 1 is 0.838 bits per heavy atom. The van der Waals surface area contributed by atoms with Crippen molar-refractivity contribution in [1.29, 1.82) is 0 Å². The Kier molecular flexibility index (Phi) is 29.2. The molecule has 1 amide bonds. The molecule has 0 fully saturated rings. The molecule has 1 aromatic carbocycles. The third-order valence-corrected chi connectivity index (χ3v) is 5.55. The highest BCUT2D eigenvalue weighted by molar-refractivity contribution is 5.87. The van der Waals surface area contributed by atoms with Crippen molar-refractivity contribution in [3.05, 3.63) is 67.3 Å². The van der Waals surface area contributed by atoms with E-state index in [1.807, 2.05) is 36.4 Å². The molecule has 1 rings (SSSR count). The van der Waals surface area contributed by atoms with Gasteiger partial charge in [-0.2, -0.15) is 0 Å². The number of ether oxygens (including phenoxy) is 1. The zero-order valence-electron chi connectivity index (χ0n) is 23.6. The molecule has 0 radical (unpaired) electrons. The minimum atomic E-state index is -0.359. The molecule has 210 valence electrons. The number of unbranched alkanes of at least 4 members (excludes halogenated alkanes) is 13. The van der Waals surface area contributed by atoms with Crippen molar-refractivity contribution in [3.8, 4) is 0 Å². The van der Waals surface area contributed by atoms with Crippen LogP contribution in [-0.2, 0) is 14.3 Å². The van der Waals surface area contributed by atoms with Gasteiger partial charge in [0.25, 0.3) is 0 Å². The van der Waals surface area contributed by atoms with E-state index in [-0.39, 0.29) is 18.6 Å². The van der Waals surface area contributed by atoms with Gasteiger partial charge < -0.3 is 15.2 Å². The Labute approximate surface area is 227 Å². The van der Waals surface area contributed by atoms with E-state index in [1.165, 1.54) is 89.0 Å². The molecule has 0 aliphatic rings. The van der Waals surface area contributed by atoms with Crippen LogP contribution in [0.1, 0.15) is 109 Å². The Balaban J connectivity index is 0. The molecular formula is C32H53NO4. The Morgan fingerprint density at radius 3 is 1.62 bits per heavy atom. The van der Waals surface area contributed by atoms with Crippen molar-refractivity contribution in [2.45, 2.75) is 104 Å². The number of carbonyl (C=O) groups excluding carboxylic acids is 2. The number of benzene rings is 1. The smallest absolute Gasteiger partial charge is 0.333 e. The van der Waals surface area contributed by atoms with Crippen molar-refractivity contribution in [2.24, 2.45) is 0 Å². The molecule has 0 unspecified atom stereocenters. The molecule has 2 N–H and O–H groups in total. The zero-order chi connectivity index (χ0) is 28.0. The number of amides is 1. The molecule has 0 heterocycles. The summed E-state index contributed by atoms with van der Waals surface area (Å²) in [5, 5.41) is 10.1. The molecule has 1 aromatic rings. The minimum Gasteiger partial charge on any atom is -0.462 e. The van der Waals surface area contributed by atoms with Crippen molar-refractivity contribution < 1.29 is 19.4 Å². The van der Waals surface area contributed by atoms with E-state index < -0.39 is 0 Å². The van der Waals surface area contributed by atoms with Gasteiger partial charge in [-0.15, -0.1) is 0 Å². The predicted octanol–water partition coefficient (Wildman–Crippen LogP) is 8.16. The monoisotopic (exact) mass is 515 g/mol. The highest BCUT2D eigenvalue weighted by atomic mass is 16.5. The van der Waals surface area contributed by atoms with E-state index in [9.17, 15) is 9.59 Å². The lowest BCUT2D eigenvalue weighted by Crippen LogP contribution is -2.20. The molecule has 0 aliphatic heterocycles. The van der Waals surface area contributed by atoms with E-state index in [1.54, 1.807) is 6.92 Å². The molecule has 0 aliphatic carbocycles. The molecule has 0 atom stereocenters. The molecular weight excluding hydrogens is 462 g/mol. The van der Waals surface area contributed by atoms with Gasteiger partial charge in [0, 0.05) is 5.57 Å². The van der Waals surface area contributed by atoms with E-state index in [2.05, 4.69) is 32.0 Å². The average molecular weight is 516 g/mol. The van der Waals surface area contributed by atoms with Crippen LogP contribution in [-0.4, -0.2) is 30.3 Å². The first-order valence-corrected chi connectivity index (χ1v) is 13.9. The minimum absolute atomic E-state index is 0.255. The molecule has 5 nitrogen and oxygen atoms in total. The number of aliphatic hydroxyl groups excluding tert-OH is 1. The summed E-state index contributed by atoms with van der Waals surface area (Å²) in [6.45, 7) is 14.5. The predicted molar refractivity (Wildman–Crippen MR) is 158 cm³/mol. The first-order chi connectivity index (χ1) is 17.9. The van der Waals surface area contributed by atoms with Crippen LogP contribution in [0, 0.1) is 0 Å². The summed E-state index contributed by atoms with van der Waals surface area (Å²) in [5.74, 6) is -0.614. The van der Waals surface area contributed by atoms with Gasteiger partial charge in [-0.05, 0) is 25.0 Å². The lowest BCUT2D eigenvalue weighted by molar-refractivity contribution is -0.139. The second kappa shape index (κ2) is 29.6. The average Bonchev–Trinajstić information content (AvgIpc) is 2.92. The van der Waals surface area contributed by atoms with Crippen LogP contribution in [0.25, 0.3) is 6.08 Å². The first-order valence-electron chi connectivity index (χ1n) is 13.9. The maximum atomic E-state index is 11.2. The first kappa shape index (κ1) is 36.5. The van der Waals surface area contributed by atoms with Crippen LogP contribution < -0.4 is 5.32 Å². The van der Waals surface area contributed by atoms with Crippen molar-refractivity contribution in [2.75, 3.05) is 13.3 Å². The molecule has 0 spiro atoms. The number of nitrogens with one attached hydrogen (secondary N) is 1. The maximum Gasteiger partial charge on any atom is 0.333 e. The highest BCUT2D eigenvalue weighted by Crippen LogP contribution is 2.13. The molecule has 0 saturated carbocycles. The fourth-order valence-electron chi connectivity index (χ4n) is 3.32. The number of aliphatic hydroxyl groups is 1. The lowest BCUT2D eigenvalue weighted by Gasteiger charge is -2.04. The largest absolute Gasteiger partial charge is 0.462 e. The summed E-state index contributed by atoms with van der Waals surface area (Å²) in [4.78, 5) is 21.2. The molecule has 0 saturated heterocycles. The number of carbonyl (C=O) groups is 2. The third kappa shape index (κ3) is 29.5. The van der Waals surface area contributed by atoms with Crippen LogP contribution >= 0.6 is 0 Å². The Bertz CT molecular complexity index is 700. The van der Waals surface area contributed by atoms with Gasteiger partial charge in [0.05, 0.1) is 6.61 Å². The second-order valence-corrected chi connectivity index (χ2v) is 9.03. The van der Waals surface area contributed by atoms with Crippen LogP contribution in [0.15, 0.2) is 61.7 Å². The zero-order valence-corrected chi connectivity index (χ0v) is 23.6. The van der Waals surface area contributed by atoms with Gasteiger partial charge >= 0.3 is 5.97 Å². The SMILES string of the molecule is C=C(C)C(=O)OCCCCCCCCCCCCCCCC.C=CC(=O)NCO.C=Cc1ccccc1. The summed E-state index contributed by atoms with van der Waals surface area (Å²) in [7, 11) is 0. The van der Waals surface area contributed by atoms with Crippen LogP contribution in [0.2, 0.25) is 0 Å². The van der Waals surface area contributed by atoms with Crippen molar-refractivity contribution in [1.82, 2.24) is 5.32 Å². The topological polar surface area (TPSA) is 75.6 Å². The molecule has 0 bridgehead atoms. The van der Waals surface area contributed by atoms with E-state index >= 15 is 0 Å². The van der Waals surface area contributed by atoms with Gasteiger partial charge in [-0.1, -0.05) is 147 Å². The third-order valence-electron chi connectivity index (χ3n) is 5.55. The van der Waals surface area contributed by atoms with Crippen LogP contribution in [0.5, 0.6) is 0 Å². The fraction of sp³-hybridized carbons (Fsp3) is 0.562. The fourth-order valence-corrected chi connectivity index (χ4v) is 3.32. The molecule has 37 heavy (non-hydrogen) atoms. The normalized spacial score (nSPS) is 9.59. The summed E-state index contributed by atoms with van der Waals surface area (Å²) in [6.07, 6.45) is 21.7. The standard InChI is InChI=1S/C20H38O2.C8H8.C4H7NO2/c1-4-5-6-7-8-9-10-11-12-13-14-15-16-17-18-22-20(21)19(2)3;1-2-8-6-4-3-5-7-8;1-2-4(7)5-3-6/h2,4-18H2,1,3H3;2-7H,1H2;2,6H,1,3H2,(H,5,7). The van der Waals surface area contributed by atoms with Crippen LogP contribution in [0.3, 0.4) is 0 Å². The van der Waals surface area contributed by atoms with E-state index in [0.717, 1.165) is 12.5 Å². The van der Waals surface area contributed by atoms with E-state index in [4.69, 9.17) is 9.84 Å². The molecule has 0 aromatic heterocycles. The maximum absolute atomic E-state index is 11.2. The highest BCUT2D eigenvalue weighted by Gasteiger charge is 2.01. The summed E-state index contributed by atoms with van der Waals surface area (Å²) < 4.78 is 5.07. The van der Waals surface area contributed by atoms with Crippen LogP contribution in [0.4, 0.5) is 0 Å². The Morgan fingerprint density at radius 2 is 1.30 bits per heavy atom. The lowest BCUT2D eigenvalue weighted by atomic mass is 10.0. The number of hydrogen-bond acceptors (Lipinski definition) is 4. The number of rotatable bonds is 19. The summed E-state index contributed by atoms with van der Waals surface area (Å²) >= 11 is 0. The van der Waals surface area contributed by atoms with Crippen molar-refractivity contribution >= 4 is 18.0 Å². The van der Waals surface area contributed by atoms with Gasteiger partial charge in [0.1, 0.15) is 6.73 Å². The quantitative estimate of drug-likeness (QED) is 0.0843. The number of esters is 1. The van der Waals surface area contributed by atoms with Gasteiger partial charge in [0.15, 0.2) is 0 Å².